The number of aldehydes is 1. The molecule has 0 amide bonds. The average molecular weight is 232 g/mol. The van der Waals surface area contributed by atoms with Gasteiger partial charge in [-0.05, 0) is 12.1 Å². The van der Waals surface area contributed by atoms with Gasteiger partial charge < -0.3 is 4.74 Å². The van der Waals surface area contributed by atoms with Crippen LogP contribution in [-0.4, -0.2) is 39.1 Å². The van der Waals surface area contributed by atoms with Gasteiger partial charge in [0.1, 0.15) is 6.33 Å². The highest BCUT2D eigenvalue weighted by Gasteiger charge is 2.13. The molecule has 2 aromatic heterocycles. The summed E-state index contributed by atoms with van der Waals surface area (Å²) in [5.74, 6) is -0.424. The number of nitrogens with zero attached hydrogens (tertiary/aromatic N) is 4. The minimum atomic E-state index is -0.646. The Morgan fingerprint density at radius 2 is 2.29 bits per heavy atom. The van der Waals surface area contributed by atoms with Crippen LogP contribution in [0.15, 0.2) is 24.7 Å². The molecule has 0 saturated carbocycles. The Labute approximate surface area is 96.1 Å². The lowest BCUT2D eigenvalue weighted by Crippen LogP contribution is -2.07. The zero-order valence-corrected chi connectivity index (χ0v) is 8.90. The highest BCUT2D eigenvalue weighted by molar-refractivity contribution is 5.85. The molecule has 0 aromatic carbocycles. The molecule has 0 N–H and O–H groups in total. The van der Waals surface area contributed by atoms with Crippen LogP contribution >= 0.6 is 0 Å². The van der Waals surface area contributed by atoms with Crippen molar-refractivity contribution in [3.8, 4) is 5.82 Å². The van der Waals surface area contributed by atoms with Gasteiger partial charge in [0, 0.05) is 6.20 Å². The number of ether oxygens (including phenoxy) is 1. The third kappa shape index (κ3) is 2.03. The standard InChI is InChI=1S/C10H8N4O3/c1-17-10(16)8-12-6-14(13-8)9-7(5-15)3-2-4-11-9/h2-6H,1H3. The third-order valence-electron chi connectivity index (χ3n) is 2.02. The quantitative estimate of drug-likeness (QED) is 0.557. The van der Waals surface area contributed by atoms with Gasteiger partial charge in [-0.2, -0.15) is 0 Å². The van der Waals surface area contributed by atoms with E-state index in [1.165, 1.54) is 24.3 Å². The van der Waals surface area contributed by atoms with Crippen molar-refractivity contribution in [3.63, 3.8) is 0 Å². The lowest BCUT2D eigenvalue weighted by molar-refractivity contribution is 0.0587. The van der Waals surface area contributed by atoms with Crippen LogP contribution in [0, 0.1) is 0 Å². The zero-order chi connectivity index (χ0) is 12.3. The summed E-state index contributed by atoms with van der Waals surface area (Å²) in [6, 6.07) is 3.22. The maximum atomic E-state index is 11.2. The van der Waals surface area contributed by atoms with Gasteiger partial charge in [0.2, 0.25) is 0 Å². The van der Waals surface area contributed by atoms with Crippen LogP contribution in [0.4, 0.5) is 0 Å². The molecular formula is C10H8N4O3. The first kappa shape index (κ1) is 10.9. The van der Waals surface area contributed by atoms with E-state index in [2.05, 4.69) is 19.8 Å². The number of carbonyl (C=O) groups is 2. The molecule has 2 rings (SSSR count). The normalized spacial score (nSPS) is 9.94. The fraction of sp³-hybridized carbons (Fsp3) is 0.100. The van der Waals surface area contributed by atoms with E-state index < -0.39 is 5.97 Å². The molecule has 0 spiro atoms. The molecule has 0 radical (unpaired) electrons. The Morgan fingerprint density at radius 3 is 3.00 bits per heavy atom. The molecule has 7 heteroatoms. The number of aromatic nitrogens is 4. The summed E-state index contributed by atoms with van der Waals surface area (Å²) in [4.78, 5) is 29.7. The molecule has 0 fully saturated rings. The first-order valence-corrected chi connectivity index (χ1v) is 4.67. The first-order valence-electron chi connectivity index (χ1n) is 4.67. The van der Waals surface area contributed by atoms with Crippen LogP contribution in [-0.2, 0) is 4.74 Å². The van der Waals surface area contributed by atoms with Crippen molar-refractivity contribution in [2.45, 2.75) is 0 Å². The summed E-state index contributed by atoms with van der Waals surface area (Å²) in [6.07, 6.45) is 3.46. The molecule has 86 valence electrons. The number of methoxy groups -OCH3 is 1. The van der Waals surface area contributed by atoms with Crippen molar-refractivity contribution in [1.82, 2.24) is 19.7 Å². The van der Waals surface area contributed by atoms with Crippen LogP contribution in [0.3, 0.4) is 0 Å². The number of rotatable bonds is 3. The summed E-state index contributed by atoms with van der Waals surface area (Å²) < 4.78 is 5.72. The molecule has 0 atom stereocenters. The predicted molar refractivity (Wildman–Crippen MR) is 55.9 cm³/mol. The van der Waals surface area contributed by atoms with Gasteiger partial charge in [0.05, 0.1) is 12.7 Å². The molecule has 2 heterocycles. The summed E-state index contributed by atoms with van der Waals surface area (Å²) in [6.45, 7) is 0. The number of pyridine rings is 1. The van der Waals surface area contributed by atoms with Gasteiger partial charge in [-0.15, -0.1) is 5.10 Å². The highest BCUT2D eigenvalue weighted by atomic mass is 16.5. The van der Waals surface area contributed by atoms with E-state index in [1.54, 1.807) is 12.1 Å². The molecule has 0 unspecified atom stereocenters. The number of hydrogen-bond acceptors (Lipinski definition) is 6. The monoisotopic (exact) mass is 232 g/mol. The minimum absolute atomic E-state index is 0.0880. The van der Waals surface area contributed by atoms with Gasteiger partial charge in [-0.3, -0.25) is 4.79 Å². The third-order valence-corrected chi connectivity index (χ3v) is 2.02. The van der Waals surface area contributed by atoms with E-state index >= 15 is 0 Å². The summed E-state index contributed by atoms with van der Waals surface area (Å²) in [5, 5.41) is 3.87. The molecule has 2 aromatic rings. The van der Waals surface area contributed by atoms with Crippen molar-refractivity contribution in [2.75, 3.05) is 7.11 Å². The predicted octanol–water partition coefficient (Wildman–Crippen LogP) is 0.261. The lowest BCUT2D eigenvalue weighted by atomic mass is 10.3. The van der Waals surface area contributed by atoms with E-state index in [1.807, 2.05) is 0 Å². The van der Waals surface area contributed by atoms with Crippen LogP contribution in [0.5, 0.6) is 0 Å². The van der Waals surface area contributed by atoms with Crippen molar-refractivity contribution in [2.24, 2.45) is 0 Å². The van der Waals surface area contributed by atoms with Gasteiger partial charge >= 0.3 is 5.97 Å². The molecular weight excluding hydrogens is 224 g/mol. The Balaban J connectivity index is 2.43. The fourth-order valence-corrected chi connectivity index (χ4v) is 1.24. The number of esters is 1. The molecule has 0 aliphatic carbocycles. The van der Waals surface area contributed by atoms with Crippen LogP contribution in [0.1, 0.15) is 21.0 Å². The Kier molecular flexibility index (Phi) is 2.91. The zero-order valence-electron chi connectivity index (χ0n) is 8.90. The van der Waals surface area contributed by atoms with E-state index in [0.717, 1.165) is 0 Å². The van der Waals surface area contributed by atoms with E-state index in [9.17, 15) is 9.59 Å². The van der Waals surface area contributed by atoms with Crippen molar-refractivity contribution in [3.05, 3.63) is 36.0 Å². The lowest BCUT2D eigenvalue weighted by Gasteiger charge is -2.00. The summed E-state index contributed by atoms with van der Waals surface area (Å²) >= 11 is 0. The maximum absolute atomic E-state index is 11.2. The van der Waals surface area contributed by atoms with Crippen LogP contribution < -0.4 is 0 Å². The molecule has 0 aliphatic heterocycles. The van der Waals surface area contributed by atoms with Gasteiger partial charge in [0.15, 0.2) is 12.1 Å². The molecule has 7 nitrogen and oxygen atoms in total. The number of hydrogen-bond donors (Lipinski definition) is 0. The molecule has 0 saturated heterocycles. The second kappa shape index (κ2) is 4.52. The topological polar surface area (TPSA) is 87.0 Å². The summed E-state index contributed by atoms with van der Waals surface area (Å²) in [5.41, 5.74) is 0.355. The Bertz CT molecular complexity index is 564. The Morgan fingerprint density at radius 1 is 1.47 bits per heavy atom. The first-order chi connectivity index (χ1) is 8.26. The molecule has 0 aliphatic rings. The smallest absolute Gasteiger partial charge is 0.377 e. The molecule has 0 bridgehead atoms. The average Bonchev–Trinajstić information content (AvgIpc) is 2.87. The van der Waals surface area contributed by atoms with Crippen molar-refractivity contribution < 1.29 is 14.3 Å². The number of carbonyl (C=O) groups excluding carboxylic acids is 2. The SMILES string of the molecule is COC(=O)c1ncn(-c2ncccc2C=O)n1. The second-order valence-electron chi connectivity index (χ2n) is 3.04. The fourth-order valence-electron chi connectivity index (χ4n) is 1.24. The van der Waals surface area contributed by atoms with Gasteiger partial charge in [-0.1, -0.05) is 0 Å². The van der Waals surface area contributed by atoms with Crippen molar-refractivity contribution >= 4 is 12.3 Å². The van der Waals surface area contributed by atoms with Gasteiger partial charge in [-0.25, -0.2) is 19.4 Å². The minimum Gasteiger partial charge on any atom is -0.463 e. The Hall–Kier alpha value is -2.57. The van der Waals surface area contributed by atoms with E-state index in [4.69, 9.17) is 0 Å². The molecule has 17 heavy (non-hydrogen) atoms. The second-order valence-corrected chi connectivity index (χ2v) is 3.04. The maximum Gasteiger partial charge on any atom is 0.377 e. The van der Waals surface area contributed by atoms with E-state index in [-0.39, 0.29) is 5.82 Å². The van der Waals surface area contributed by atoms with Gasteiger partial charge in [0.25, 0.3) is 5.82 Å². The van der Waals surface area contributed by atoms with Crippen LogP contribution in [0.2, 0.25) is 0 Å². The van der Waals surface area contributed by atoms with Crippen molar-refractivity contribution in [1.29, 1.82) is 0 Å². The highest BCUT2D eigenvalue weighted by Crippen LogP contribution is 2.07. The van der Waals surface area contributed by atoms with Crippen LogP contribution in [0.25, 0.3) is 5.82 Å². The largest absolute Gasteiger partial charge is 0.463 e. The van der Waals surface area contributed by atoms with E-state index in [0.29, 0.717) is 17.7 Å². The summed E-state index contributed by atoms with van der Waals surface area (Å²) in [7, 11) is 1.24.